The van der Waals surface area contributed by atoms with Gasteiger partial charge in [-0.3, -0.25) is 0 Å². The van der Waals surface area contributed by atoms with E-state index in [9.17, 15) is 18.0 Å². The Bertz CT molecular complexity index is 871. The zero-order chi connectivity index (χ0) is 17.9. The molecule has 0 unspecified atom stereocenters. The van der Waals surface area contributed by atoms with Crippen LogP contribution >= 0.6 is 0 Å². The van der Waals surface area contributed by atoms with Gasteiger partial charge in [0.2, 0.25) is 6.79 Å². The molecule has 2 heterocycles. The average molecular weight is 350 g/mol. The summed E-state index contributed by atoms with van der Waals surface area (Å²) in [7, 11) is 0. The number of nitrogens with one attached hydrogen (secondary N) is 1. The molecule has 1 aromatic carbocycles. The molecule has 130 valence electrons. The molecule has 0 saturated heterocycles. The Labute approximate surface area is 140 Å². The molecule has 1 N–H and O–H groups in total. The van der Waals surface area contributed by atoms with E-state index >= 15 is 0 Å². The molecule has 1 aliphatic heterocycles. The van der Waals surface area contributed by atoms with Gasteiger partial charge in [-0.25, -0.2) is 4.79 Å². The molecule has 1 aliphatic rings. The SMILES string of the molecule is O=c1nc(C=C(Cc2ccccc2)C2=COCO2)cc(C(F)(F)F)[nH]1. The van der Waals surface area contributed by atoms with Gasteiger partial charge >= 0.3 is 11.9 Å². The van der Waals surface area contributed by atoms with Crippen LogP contribution in [0, 0.1) is 0 Å². The highest BCUT2D eigenvalue weighted by Crippen LogP contribution is 2.28. The quantitative estimate of drug-likeness (QED) is 0.919. The topological polar surface area (TPSA) is 64.2 Å². The van der Waals surface area contributed by atoms with E-state index in [1.165, 1.54) is 12.3 Å². The summed E-state index contributed by atoms with van der Waals surface area (Å²) < 4.78 is 48.9. The van der Waals surface area contributed by atoms with Crippen molar-refractivity contribution >= 4 is 6.08 Å². The van der Waals surface area contributed by atoms with Crippen molar-refractivity contribution in [3.8, 4) is 0 Å². The van der Waals surface area contributed by atoms with Crippen LogP contribution in [-0.4, -0.2) is 16.8 Å². The third-order valence-corrected chi connectivity index (χ3v) is 3.42. The molecular weight excluding hydrogens is 337 g/mol. The van der Waals surface area contributed by atoms with Crippen molar-refractivity contribution in [3.05, 3.63) is 81.4 Å². The smallest absolute Gasteiger partial charge is 0.431 e. The van der Waals surface area contributed by atoms with Crippen LogP contribution in [0.5, 0.6) is 0 Å². The second-order valence-electron chi connectivity index (χ2n) is 5.27. The van der Waals surface area contributed by atoms with Crippen molar-refractivity contribution in [2.45, 2.75) is 12.6 Å². The fourth-order valence-electron chi connectivity index (χ4n) is 2.32. The summed E-state index contributed by atoms with van der Waals surface area (Å²) in [5, 5.41) is 0. The van der Waals surface area contributed by atoms with Crippen LogP contribution in [0.2, 0.25) is 0 Å². The van der Waals surface area contributed by atoms with Gasteiger partial charge in [0, 0.05) is 12.0 Å². The summed E-state index contributed by atoms with van der Waals surface area (Å²) >= 11 is 0. The Morgan fingerprint density at radius 3 is 2.68 bits per heavy atom. The molecule has 0 bridgehead atoms. The maximum Gasteiger partial charge on any atom is 0.431 e. The monoisotopic (exact) mass is 350 g/mol. The number of alkyl halides is 3. The van der Waals surface area contributed by atoms with Crippen molar-refractivity contribution in [2.24, 2.45) is 0 Å². The van der Waals surface area contributed by atoms with Gasteiger partial charge in [0.15, 0.2) is 5.76 Å². The van der Waals surface area contributed by atoms with Crippen molar-refractivity contribution in [3.63, 3.8) is 0 Å². The van der Waals surface area contributed by atoms with Crippen molar-refractivity contribution in [2.75, 3.05) is 6.79 Å². The molecule has 0 aliphatic carbocycles. The Morgan fingerprint density at radius 2 is 2.04 bits per heavy atom. The minimum Gasteiger partial charge on any atom is -0.461 e. The van der Waals surface area contributed by atoms with E-state index in [-0.39, 0.29) is 12.5 Å². The van der Waals surface area contributed by atoms with Gasteiger partial charge in [-0.2, -0.15) is 18.2 Å². The Morgan fingerprint density at radius 1 is 1.28 bits per heavy atom. The molecule has 3 rings (SSSR count). The standard InChI is InChI=1S/C17H13F3N2O3/c18-17(19,20)15-8-13(21-16(23)22-15)7-12(14-9-24-10-25-14)6-11-4-2-1-3-5-11/h1-5,7-9H,6,10H2,(H,21,22,23). The molecule has 1 aromatic heterocycles. The lowest BCUT2D eigenvalue weighted by Crippen LogP contribution is -2.19. The van der Waals surface area contributed by atoms with Crippen molar-refractivity contribution < 1.29 is 22.6 Å². The first-order valence-corrected chi connectivity index (χ1v) is 7.30. The molecule has 0 saturated carbocycles. The second kappa shape index (κ2) is 6.84. The van der Waals surface area contributed by atoms with Crippen LogP contribution < -0.4 is 5.69 Å². The maximum absolute atomic E-state index is 12.9. The van der Waals surface area contributed by atoms with Gasteiger partial charge in [0.05, 0.1) is 5.69 Å². The lowest BCUT2D eigenvalue weighted by Gasteiger charge is -2.09. The predicted octanol–water partition coefficient (Wildman–Crippen LogP) is 3.26. The predicted molar refractivity (Wildman–Crippen MR) is 83.1 cm³/mol. The minimum absolute atomic E-state index is 0.0259. The van der Waals surface area contributed by atoms with E-state index in [2.05, 4.69) is 4.98 Å². The maximum atomic E-state index is 12.9. The number of aromatic nitrogens is 2. The van der Waals surface area contributed by atoms with E-state index in [0.717, 1.165) is 11.6 Å². The van der Waals surface area contributed by atoms with Crippen molar-refractivity contribution in [1.82, 2.24) is 9.97 Å². The zero-order valence-electron chi connectivity index (χ0n) is 12.8. The van der Waals surface area contributed by atoms with E-state index in [0.29, 0.717) is 17.8 Å². The number of rotatable bonds is 4. The van der Waals surface area contributed by atoms with E-state index in [1.54, 1.807) is 4.98 Å². The fourth-order valence-corrected chi connectivity index (χ4v) is 2.32. The van der Waals surface area contributed by atoms with Gasteiger partial charge in [-0.1, -0.05) is 30.3 Å². The summed E-state index contributed by atoms with van der Waals surface area (Å²) in [5.41, 5.74) is -0.868. The highest BCUT2D eigenvalue weighted by atomic mass is 19.4. The molecule has 5 nitrogen and oxygen atoms in total. The minimum atomic E-state index is -4.67. The number of allylic oxidation sites excluding steroid dienone is 1. The first-order valence-electron chi connectivity index (χ1n) is 7.30. The third-order valence-electron chi connectivity index (χ3n) is 3.42. The van der Waals surface area contributed by atoms with Gasteiger partial charge in [0.25, 0.3) is 0 Å². The summed E-state index contributed by atoms with van der Waals surface area (Å²) in [6.07, 6.45) is -1.52. The van der Waals surface area contributed by atoms with Crippen LogP contribution in [0.4, 0.5) is 13.2 Å². The highest BCUT2D eigenvalue weighted by Gasteiger charge is 2.32. The van der Waals surface area contributed by atoms with Gasteiger partial charge < -0.3 is 14.5 Å². The molecule has 0 amide bonds. The molecular formula is C17H13F3N2O3. The molecule has 0 spiro atoms. The number of nitrogens with zero attached hydrogens (tertiary/aromatic N) is 1. The largest absolute Gasteiger partial charge is 0.461 e. The number of ether oxygens (including phenoxy) is 2. The fraction of sp³-hybridized carbons (Fsp3) is 0.176. The number of halogens is 3. The van der Waals surface area contributed by atoms with E-state index in [1.807, 2.05) is 30.3 Å². The van der Waals surface area contributed by atoms with Crippen LogP contribution in [0.3, 0.4) is 0 Å². The zero-order valence-corrected chi connectivity index (χ0v) is 12.8. The van der Waals surface area contributed by atoms with E-state index < -0.39 is 17.6 Å². The molecule has 0 radical (unpaired) electrons. The molecule has 8 heteroatoms. The lowest BCUT2D eigenvalue weighted by molar-refractivity contribution is -0.141. The summed E-state index contributed by atoms with van der Waals surface area (Å²) in [4.78, 5) is 16.7. The number of hydrogen-bond donors (Lipinski definition) is 1. The number of hydrogen-bond acceptors (Lipinski definition) is 4. The Balaban J connectivity index is 2.01. The summed E-state index contributed by atoms with van der Waals surface area (Å²) in [6.45, 7) is 0.0259. The average Bonchev–Trinajstić information content (AvgIpc) is 3.08. The van der Waals surface area contributed by atoms with Gasteiger partial charge in [-0.05, 0) is 17.7 Å². The molecule has 0 atom stereocenters. The van der Waals surface area contributed by atoms with E-state index in [4.69, 9.17) is 9.47 Å². The van der Waals surface area contributed by atoms with Crippen LogP contribution in [-0.2, 0) is 22.1 Å². The summed E-state index contributed by atoms with van der Waals surface area (Å²) in [6, 6.07) is 10.1. The van der Waals surface area contributed by atoms with Crippen LogP contribution in [0.25, 0.3) is 6.08 Å². The molecule has 2 aromatic rings. The van der Waals surface area contributed by atoms with Crippen LogP contribution in [0.15, 0.2) is 58.8 Å². The van der Waals surface area contributed by atoms with Crippen LogP contribution in [0.1, 0.15) is 17.0 Å². The summed E-state index contributed by atoms with van der Waals surface area (Å²) in [5.74, 6) is 0.388. The number of H-pyrrole nitrogens is 1. The number of benzene rings is 1. The number of aromatic amines is 1. The molecule has 0 fully saturated rings. The first kappa shape index (κ1) is 16.8. The molecule has 25 heavy (non-hydrogen) atoms. The third kappa shape index (κ3) is 4.28. The normalized spacial score (nSPS) is 14.7. The van der Waals surface area contributed by atoms with Gasteiger partial charge in [0.1, 0.15) is 12.0 Å². The Hall–Kier alpha value is -3.03. The second-order valence-corrected chi connectivity index (χ2v) is 5.27. The van der Waals surface area contributed by atoms with Crippen molar-refractivity contribution in [1.29, 1.82) is 0 Å². The highest BCUT2D eigenvalue weighted by molar-refractivity contribution is 5.56. The van der Waals surface area contributed by atoms with Gasteiger partial charge in [-0.15, -0.1) is 0 Å². The Kier molecular flexibility index (Phi) is 4.60. The lowest BCUT2D eigenvalue weighted by atomic mass is 10.0. The first-order chi connectivity index (χ1) is 11.9.